The van der Waals surface area contributed by atoms with Gasteiger partial charge in [-0.1, -0.05) is 39.0 Å². The van der Waals surface area contributed by atoms with E-state index in [9.17, 15) is 0 Å². The Bertz CT molecular complexity index is 157. The van der Waals surface area contributed by atoms with Crippen molar-refractivity contribution in [3.8, 4) is 0 Å². The van der Waals surface area contributed by atoms with Crippen LogP contribution in [0.5, 0.6) is 0 Å². The van der Waals surface area contributed by atoms with E-state index in [2.05, 4.69) is 12.2 Å². The largest absolute Gasteiger partial charge is 0.314 e. The minimum atomic E-state index is 0.864. The lowest BCUT2D eigenvalue weighted by atomic mass is 9.84. The van der Waals surface area contributed by atoms with Gasteiger partial charge in [0.2, 0.25) is 0 Å². The van der Waals surface area contributed by atoms with Crippen LogP contribution in [0.15, 0.2) is 0 Å². The fourth-order valence-corrected chi connectivity index (χ4v) is 2.99. The first-order valence-corrected chi connectivity index (χ1v) is 6.63. The van der Waals surface area contributed by atoms with Crippen LogP contribution in [0.2, 0.25) is 0 Å². The Labute approximate surface area is 88.7 Å². The average molecular weight is 195 g/mol. The first kappa shape index (κ1) is 10.5. The molecule has 1 heteroatoms. The van der Waals surface area contributed by atoms with Gasteiger partial charge in [-0.15, -0.1) is 0 Å². The van der Waals surface area contributed by atoms with Crippen molar-refractivity contribution >= 4 is 0 Å². The highest BCUT2D eigenvalue weighted by molar-refractivity contribution is 4.88. The quantitative estimate of drug-likeness (QED) is 0.709. The molecule has 2 aliphatic carbocycles. The van der Waals surface area contributed by atoms with Crippen LogP contribution in [0, 0.1) is 11.8 Å². The number of hydrogen-bond acceptors (Lipinski definition) is 1. The highest BCUT2D eigenvalue weighted by Crippen LogP contribution is 2.37. The molecule has 1 nitrogen and oxygen atoms in total. The van der Waals surface area contributed by atoms with E-state index >= 15 is 0 Å². The number of nitrogens with one attached hydrogen (secondary N) is 1. The topological polar surface area (TPSA) is 12.0 Å². The van der Waals surface area contributed by atoms with E-state index in [1.165, 1.54) is 51.4 Å². The number of rotatable bonds is 5. The van der Waals surface area contributed by atoms with Crippen molar-refractivity contribution in [2.75, 3.05) is 6.54 Å². The van der Waals surface area contributed by atoms with Crippen molar-refractivity contribution in [1.29, 1.82) is 0 Å². The molecule has 0 aromatic rings. The maximum Gasteiger partial charge on any atom is 0.00978 e. The third kappa shape index (κ3) is 2.98. The second kappa shape index (κ2) is 5.16. The molecule has 0 heterocycles. The molecule has 2 saturated carbocycles. The van der Waals surface area contributed by atoms with E-state index in [-0.39, 0.29) is 0 Å². The molecule has 82 valence electrons. The molecule has 0 aliphatic heterocycles. The third-order valence-electron chi connectivity index (χ3n) is 3.97. The highest BCUT2D eigenvalue weighted by Gasteiger charge is 2.32. The molecule has 0 spiro atoms. The minimum absolute atomic E-state index is 0.864. The Kier molecular flexibility index (Phi) is 3.86. The van der Waals surface area contributed by atoms with Crippen molar-refractivity contribution < 1.29 is 0 Å². The smallest absolute Gasteiger partial charge is 0.00978 e. The predicted octanol–water partition coefficient (Wildman–Crippen LogP) is 3.34. The second-order valence-electron chi connectivity index (χ2n) is 5.24. The fourth-order valence-electron chi connectivity index (χ4n) is 2.99. The maximum absolute atomic E-state index is 3.69. The maximum atomic E-state index is 3.69. The van der Waals surface area contributed by atoms with E-state index in [1.807, 2.05) is 0 Å². The van der Waals surface area contributed by atoms with Crippen molar-refractivity contribution in [3.63, 3.8) is 0 Å². The van der Waals surface area contributed by atoms with Crippen LogP contribution in [0.4, 0.5) is 0 Å². The van der Waals surface area contributed by atoms with Crippen LogP contribution in [-0.2, 0) is 0 Å². The lowest BCUT2D eigenvalue weighted by molar-refractivity contribution is 0.286. The van der Waals surface area contributed by atoms with Crippen molar-refractivity contribution in [2.24, 2.45) is 11.8 Å². The normalized spacial score (nSPS) is 26.4. The molecule has 2 aliphatic rings. The lowest BCUT2D eigenvalue weighted by Crippen LogP contribution is -2.33. The standard InChI is InChI=1S/C13H25N/c1-2-14-13(12-8-9-12)10-11-6-4-3-5-7-11/h11-14H,2-10H2,1H3. The summed E-state index contributed by atoms with van der Waals surface area (Å²) in [7, 11) is 0. The summed E-state index contributed by atoms with van der Waals surface area (Å²) in [5.74, 6) is 2.09. The summed E-state index contributed by atoms with van der Waals surface area (Å²) < 4.78 is 0. The summed E-state index contributed by atoms with van der Waals surface area (Å²) in [6.45, 7) is 3.41. The van der Waals surface area contributed by atoms with Gasteiger partial charge in [-0.25, -0.2) is 0 Å². The Morgan fingerprint density at radius 3 is 2.36 bits per heavy atom. The van der Waals surface area contributed by atoms with Gasteiger partial charge in [0.25, 0.3) is 0 Å². The van der Waals surface area contributed by atoms with Gasteiger partial charge in [0.15, 0.2) is 0 Å². The third-order valence-corrected chi connectivity index (χ3v) is 3.97. The Hall–Kier alpha value is -0.0400. The molecule has 0 aromatic carbocycles. The monoisotopic (exact) mass is 195 g/mol. The summed E-state index contributed by atoms with van der Waals surface area (Å²) in [6, 6.07) is 0.864. The molecule has 2 rings (SSSR count). The molecule has 0 aromatic heterocycles. The first-order chi connectivity index (χ1) is 6.90. The zero-order valence-electron chi connectivity index (χ0n) is 9.60. The molecule has 14 heavy (non-hydrogen) atoms. The highest BCUT2D eigenvalue weighted by atomic mass is 14.9. The Morgan fingerprint density at radius 2 is 1.79 bits per heavy atom. The second-order valence-corrected chi connectivity index (χ2v) is 5.24. The molecule has 1 unspecified atom stereocenters. The molecular weight excluding hydrogens is 170 g/mol. The van der Waals surface area contributed by atoms with Gasteiger partial charge in [-0.05, 0) is 37.6 Å². The molecule has 2 fully saturated rings. The Morgan fingerprint density at radius 1 is 1.07 bits per heavy atom. The predicted molar refractivity (Wildman–Crippen MR) is 61.4 cm³/mol. The van der Waals surface area contributed by atoms with Gasteiger partial charge in [0.05, 0.1) is 0 Å². The zero-order valence-corrected chi connectivity index (χ0v) is 9.60. The van der Waals surface area contributed by atoms with E-state index in [1.54, 1.807) is 0 Å². The van der Waals surface area contributed by atoms with Crippen LogP contribution in [0.1, 0.15) is 58.3 Å². The van der Waals surface area contributed by atoms with Crippen molar-refractivity contribution in [1.82, 2.24) is 5.32 Å². The van der Waals surface area contributed by atoms with Crippen molar-refractivity contribution in [2.45, 2.75) is 64.3 Å². The van der Waals surface area contributed by atoms with Crippen LogP contribution < -0.4 is 5.32 Å². The van der Waals surface area contributed by atoms with E-state index in [0.717, 1.165) is 24.4 Å². The average Bonchev–Trinajstić information content (AvgIpc) is 3.02. The first-order valence-electron chi connectivity index (χ1n) is 6.63. The summed E-state index contributed by atoms with van der Waals surface area (Å²) >= 11 is 0. The molecule has 1 atom stereocenters. The van der Waals surface area contributed by atoms with Gasteiger partial charge < -0.3 is 5.32 Å². The van der Waals surface area contributed by atoms with E-state index < -0.39 is 0 Å². The molecule has 1 N–H and O–H groups in total. The number of hydrogen-bond donors (Lipinski definition) is 1. The van der Waals surface area contributed by atoms with Crippen molar-refractivity contribution in [3.05, 3.63) is 0 Å². The van der Waals surface area contributed by atoms with Gasteiger partial charge in [-0.2, -0.15) is 0 Å². The summed E-state index contributed by atoms with van der Waals surface area (Å²) in [5.41, 5.74) is 0. The van der Waals surface area contributed by atoms with Crippen LogP contribution >= 0.6 is 0 Å². The van der Waals surface area contributed by atoms with Gasteiger partial charge >= 0.3 is 0 Å². The van der Waals surface area contributed by atoms with Crippen LogP contribution in [0.25, 0.3) is 0 Å². The molecule has 0 saturated heterocycles. The fraction of sp³-hybridized carbons (Fsp3) is 1.00. The van der Waals surface area contributed by atoms with Gasteiger partial charge in [-0.3, -0.25) is 0 Å². The molecular formula is C13H25N. The van der Waals surface area contributed by atoms with Gasteiger partial charge in [0.1, 0.15) is 0 Å². The summed E-state index contributed by atoms with van der Waals surface area (Å²) in [5, 5.41) is 3.69. The van der Waals surface area contributed by atoms with E-state index in [4.69, 9.17) is 0 Å². The summed E-state index contributed by atoms with van der Waals surface area (Å²) in [6.07, 6.45) is 11.9. The molecule has 0 radical (unpaired) electrons. The molecule has 0 amide bonds. The summed E-state index contributed by atoms with van der Waals surface area (Å²) in [4.78, 5) is 0. The van der Waals surface area contributed by atoms with Gasteiger partial charge in [0, 0.05) is 6.04 Å². The van der Waals surface area contributed by atoms with Crippen LogP contribution in [0.3, 0.4) is 0 Å². The van der Waals surface area contributed by atoms with Crippen LogP contribution in [-0.4, -0.2) is 12.6 Å². The SMILES string of the molecule is CCNC(CC1CCCCC1)C1CC1. The lowest BCUT2D eigenvalue weighted by Gasteiger charge is -2.27. The Balaban J connectivity index is 1.73. The molecule has 0 bridgehead atoms. The minimum Gasteiger partial charge on any atom is -0.314 e. The zero-order chi connectivity index (χ0) is 9.80. The van der Waals surface area contributed by atoms with E-state index in [0.29, 0.717) is 0 Å².